The summed E-state index contributed by atoms with van der Waals surface area (Å²) in [5, 5.41) is 10.7. The lowest BCUT2D eigenvalue weighted by atomic mass is 10.2. The third-order valence-corrected chi connectivity index (χ3v) is 3.55. The largest absolute Gasteiger partial charge is 0.420 e. The lowest BCUT2D eigenvalue weighted by Gasteiger charge is -2.06. The Morgan fingerprint density at radius 1 is 1.21 bits per heavy atom. The minimum Gasteiger partial charge on any atom is -0.420 e. The van der Waals surface area contributed by atoms with Crippen LogP contribution in [-0.2, 0) is 17.8 Å². The number of benzene rings is 1. The van der Waals surface area contributed by atoms with E-state index in [9.17, 15) is 9.18 Å². The van der Waals surface area contributed by atoms with Crippen molar-refractivity contribution in [1.82, 2.24) is 20.5 Å². The van der Waals surface area contributed by atoms with Crippen LogP contribution in [0.5, 0.6) is 0 Å². The van der Waals surface area contributed by atoms with Gasteiger partial charge in [-0.1, -0.05) is 17.7 Å². The highest BCUT2D eigenvalue weighted by molar-refractivity contribution is 6.31. The molecule has 0 bridgehead atoms. The molecule has 2 aromatic heterocycles. The lowest BCUT2D eigenvalue weighted by molar-refractivity contribution is -0.120. The van der Waals surface area contributed by atoms with Gasteiger partial charge in [0.05, 0.1) is 0 Å². The van der Waals surface area contributed by atoms with E-state index in [2.05, 4.69) is 20.5 Å². The molecule has 1 aromatic carbocycles. The molecule has 0 unspecified atom stereocenters. The summed E-state index contributed by atoms with van der Waals surface area (Å²) >= 11 is 5.91. The molecule has 0 aliphatic heterocycles. The van der Waals surface area contributed by atoms with E-state index in [1.54, 1.807) is 24.5 Å². The van der Waals surface area contributed by atoms with E-state index in [1.807, 2.05) is 0 Å². The second-order valence-corrected chi connectivity index (χ2v) is 5.33. The van der Waals surface area contributed by atoms with Gasteiger partial charge in [0.25, 0.3) is 0 Å². The summed E-state index contributed by atoms with van der Waals surface area (Å²) in [6, 6.07) is 7.46. The normalized spacial score (nSPS) is 10.6. The summed E-state index contributed by atoms with van der Waals surface area (Å²) in [4.78, 5) is 15.8. The van der Waals surface area contributed by atoms with E-state index in [0.717, 1.165) is 5.56 Å². The Balaban J connectivity index is 1.58. The molecular weight excluding hydrogens is 335 g/mol. The zero-order valence-electron chi connectivity index (χ0n) is 12.4. The van der Waals surface area contributed by atoms with Crippen LogP contribution in [0.2, 0.25) is 5.02 Å². The van der Waals surface area contributed by atoms with Gasteiger partial charge in [0.1, 0.15) is 12.2 Å². The highest BCUT2D eigenvalue weighted by Crippen LogP contribution is 2.18. The Morgan fingerprint density at radius 2 is 2.00 bits per heavy atom. The van der Waals surface area contributed by atoms with Gasteiger partial charge in [0.15, 0.2) is 0 Å². The number of carbonyl (C=O) groups excluding carboxylic acids is 1. The average molecular weight is 347 g/mol. The smallest absolute Gasteiger partial charge is 0.247 e. The maximum absolute atomic E-state index is 13.0. The first-order chi connectivity index (χ1) is 11.6. The number of nitrogens with zero attached hydrogens (tertiary/aromatic N) is 3. The maximum atomic E-state index is 13.0. The highest BCUT2D eigenvalue weighted by atomic mass is 35.5. The molecule has 1 amide bonds. The molecule has 3 aromatic rings. The van der Waals surface area contributed by atoms with Crippen molar-refractivity contribution in [3.63, 3.8) is 0 Å². The van der Waals surface area contributed by atoms with E-state index in [0.29, 0.717) is 11.5 Å². The van der Waals surface area contributed by atoms with Crippen LogP contribution in [0.25, 0.3) is 11.5 Å². The first-order valence-corrected chi connectivity index (χ1v) is 7.43. The van der Waals surface area contributed by atoms with Gasteiger partial charge in [-0.15, -0.1) is 10.2 Å². The van der Waals surface area contributed by atoms with Gasteiger partial charge in [0, 0.05) is 29.5 Å². The van der Waals surface area contributed by atoms with E-state index in [1.165, 1.54) is 18.2 Å². The summed E-state index contributed by atoms with van der Waals surface area (Å²) in [6.45, 7) is 0.184. The number of carbonyl (C=O) groups is 1. The van der Waals surface area contributed by atoms with Crippen LogP contribution in [-0.4, -0.2) is 21.1 Å². The third kappa shape index (κ3) is 3.94. The predicted molar refractivity (Wildman–Crippen MR) is 84.5 cm³/mol. The minimum absolute atomic E-state index is 0.0586. The number of aromatic nitrogens is 3. The lowest BCUT2D eigenvalue weighted by Crippen LogP contribution is -2.24. The number of nitrogens with one attached hydrogen (secondary N) is 1. The van der Waals surface area contributed by atoms with Gasteiger partial charge in [-0.2, -0.15) is 0 Å². The van der Waals surface area contributed by atoms with Crippen molar-refractivity contribution in [2.45, 2.75) is 13.0 Å². The number of hydrogen-bond donors (Lipinski definition) is 1. The van der Waals surface area contributed by atoms with E-state index < -0.39 is 5.82 Å². The molecule has 6 nitrogen and oxygen atoms in total. The molecule has 0 fully saturated rings. The van der Waals surface area contributed by atoms with Gasteiger partial charge < -0.3 is 9.73 Å². The Morgan fingerprint density at radius 3 is 2.75 bits per heavy atom. The van der Waals surface area contributed by atoms with Gasteiger partial charge in [-0.05, 0) is 29.8 Å². The Kier molecular flexibility index (Phi) is 4.81. The molecule has 0 spiro atoms. The average Bonchev–Trinajstić information content (AvgIpc) is 3.03. The molecule has 3 rings (SSSR count). The zero-order valence-corrected chi connectivity index (χ0v) is 13.1. The molecule has 0 aliphatic carbocycles. The SMILES string of the molecule is O=C(Cc1nnc(-c2ccncc2)o1)NCc1ccc(F)cc1Cl. The van der Waals surface area contributed by atoms with Crippen molar-refractivity contribution in [2.24, 2.45) is 0 Å². The second-order valence-electron chi connectivity index (χ2n) is 4.93. The standard InChI is InChI=1S/C16H12ClFN4O2/c17-13-7-12(18)2-1-11(13)9-20-14(23)8-15-21-22-16(24-15)10-3-5-19-6-4-10/h1-7H,8-9H2,(H,20,23). The first-order valence-electron chi connectivity index (χ1n) is 7.05. The fourth-order valence-corrected chi connectivity index (χ4v) is 2.23. The van der Waals surface area contributed by atoms with Crippen LogP contribution in [0, 0.1) is 5.82 Å². The summed E-state index contributed by atoms with van der Waals surface area (Å²) in [7, 11) is 0. The fraction of sp³-hybridized carbons (Fsp3) is 0.125. The van der Waals surface area contributed by atoms with Crippen LogP contribution in [0.1, 0.15) is 11.5 Å². The number of hydrogen-bond acceptors (Lipinski definition) is 5. The fourth-order valence-electron chi connectivity index (χ4n) is 1.99. The molecular formula is C16H12ClFN4O2. The van der Waals surface area contributed by atoms with Gasteiger partial charge >= 0.3 is 0 Å². The predicted octanol–water partition coefficient (Wildman–Crippen LogP) is 2.78. The number of halogens is 2. The Bertz CT molecular complexity index is 854. The number of rotatable bonds is 5. The molecule has 0 saturated carbocycles. The second kappa shape index (κ2) is 7.18. The summed E-state index contributed by atoms with van der Waals surface area (Å²) in [6.07, 6.45) is 3.16. The van der Waals surface area contributed by atoms with Crippen LogP contribution in [0.3, 0.4) is 0 Å². The quantitative estimate of drug-likeness (QED) is 0.768. The van der Waals surface area contributed by atoms with Crippen molar-refractivity contribution in [3.8, 4) is 11.5 Å². The van der Waals surface area contributed by atoms with Crippen molar-refractivity contribution >= 4 is 17.5 Å². The Hall–Kier alpha value is -2.80. The molecule has 0 saturated heterocycles. The molecule has 1 N–H and O–H groups in total. The minimum atomic E-state index is -0.426. The van der Waals surface area contributed by atoms with Crippen LogP contribution in [0.15, 0.2) is 47.1 Å². The molecule has 24 heavy (non-hydrogen) atoms. The van der Waals surface area contributed by atoms with Crippen LogP contribution in [0.4, 0.5) is 4.39 Å². The summed E-state index contributed by atoms with van der Waals surface area (Å²) in [5.41, 5.74) is 1.34. The van der Waals surface area contributed by atoms with Crippen molar-refractivity contribution in [1.29, 1.82) is 0 Å². The molecule has 2 heterocycles. The van der Waals surface area contributed by atoms with Gasteiger partial charge in [0.2, 0.25) is 17.7 Å². The van der Waals surface area contributed by atoms with E-state index in [4.69, 9.17) is 16.0 Å². The first kappa shape index (κ1) is 16.1. The van der Waals surface area contributed by atoms with Crippen molar-refractivity contribution in [2.75, 3.05) is 0 Å². The van der Waals surface area contributed by atoms with Crippen LogP contribution < -0.4 is 5.32 Å². The van der Waals surface area contributed by atoms with Crippen molar-refractivity contribution in [3.05, 3.63) is 65.0 Å². The Labute approximate surface area is 141 Å². The topological polar surface area (TPSA) is 80.9 Å². The van der Waals surface area contributed by atoms with Crippen LogP contribution >= 0.6 is 11.6 Å². The van der Waals surface area contributed by atoms with Gasteiger partial charge in [-0.3, -0.25) is 9.78 Å². The van der Waals surface area contributed by atoms with E-state index in [-0.39, 0.29) is 29.8 Å². The molecule has 0 atom stereocenters. The van der Waals surface area contributed by atoms with E-state index >= 15 is 0 Å². The maximum Gasteiger partial charge on any atom is 0.247 e. The monoisotopic (exact) mass is 346 g/mol. The summed E-state index contributed by atoms with van der Waals surface area (Å²) < 4.78 is 18.4. The molecule has 0 radical (unpaired) electrons. The zero-order chi connectivity index (χ0) is 16.9. The molecule has 8 heteroatoms. The van der Waals surface area contributed by atoms with Gasteiger partial charge in [-0.25, -0.2) is 4.39 Å². The highest BCUT2D eigenvalue weighted by Gasteiger charge is 2.12. The molecule has 0 aliphatic rings. The molecule has 122 valence electrons. The third-order valence-electron chi connectivity index (χ3n) is 3.20. The van der Waals surface area contributed by atoms with Crippen molar-refractivity contribution < 1.29 is 13.6 Å². The number of pyridine rings is 1. The number of amides is 1. The summed E-state index contributed by atoms with van der Waals surface area (Å²) in [5.74, 6) is -0.212.